The summed E-state index contributed by atoms with van der Waals surface area (Å²) in [7, 11) is -3.06. The van der Waals surface area contributed by atoms with Crippen molar-refractivity contribution in [1.29, 1.82) is 0 Å². The summed E-state index contributed by atoms with van der Waals surface area (Å²) in [5.41, 5.74) is 3.19. The van der Waals surface area contributed by atoms with Gasteiger partial charge in [-0.3, -0.25) is 4.31 Å². The van der Waals surface area contributed by atoms with Gasteiger partial charge in [0.05, 0.1) is 10.9 Å². The van der Waals surface area contributed by atoms with Crippen molar-refractivity contribution in [3.63, 3.8) is 0 Å². The molecule has 0 N–H and O–H groups in total. The van der Waals surface area contributed by atoms with Crippen molar-refractivity contribution in [2.45, 2.75) is 31.4 Å². The molecule has 0 atom stereocenters. The number of nitrogens with zero attached hydrogens (tertiary/aromatic N) is 1. The average molecular weight is 237 g/mol. The topological polar surface area (TPSA) is 37.4 Å². The van der Waals surface area contributed by atoms with E-state index < -0.39 is 10.0 Å². The van der Waals surface area contributed by atoms with Gasteiger partial charge in [0.1, 0.15) is 0 Å². The van der Waals surface area contributed by atoms with Gasteiger partial charge in [-0.1, -0.05) is 12.1 Å². The summed E-state index contributed by atoms with van der Waals surface area (Å²) in [4.78, 5) is 0. The molecule has 0 saturated heterocycles. The van der Waals surface area contributed by atoms with E-state index in [4.69, 9.17) is 0 Å². The van der Waals surface area contributed by atoms with Gasteiger partial charge in [-0.25, -0.2) is 8.42 Å². The summed E-state index contributed by atoms with van der Waals surface area (Å²) >= 11 is 0. The van der Waals surface area contributed by atoms with Gasteiger partial charge in [0.15, 0.2) is 0 Å². The van der Waals surface area contributed by atoms with Crippen molar-refractivity contribution in [1.82, 2.24) is 0 Å². The van der Waals surface area contributed by atoms with E-state index >= 15 is 0 Å². The quantitative estimate of drug-likeness (QED) is 0.787. The summed E-state index contributed by atoms with van der Waals surface area (Å²) in [5.74, 6) is 0. The highest BCUT2D eigenvalue weighted by molar-refractivity contribution is 7.93. The largest absolute Gasteiger partial charge is 0.269 e. The maximum atomic E-state index is 12.2. The molecule has 0 unspecified atom stereocenters. The van der Waals surface area contributed by atoms with Crippen LogP contribution in [0.2, 0.25) is 0 Å². The molecular formula is C12H15NO2S. The molecule has 1 aromatic carbocycles. The van der Waals surface area contributed by atoms with Crippen LogP contribution in [0.3, 0.4) is 0 Å². The molecule has 4 heteroatoms. The third kappa shape index (κ3) is 1.44. The second kappa shape index (κ2) is 3.23. The Kier molecular flexibility index (Phi) is 2.05. The first kappa shape index (κ1) is 10.1. The summed E-state index contributed by atoms with van der Waals surface area (Å²) in [6.45, 7) is 2.62. The van der Waals surface area contributed by atoms with Crippen LogP contribution in [0.15, 0.2) is 18.2 Å². The number of hydrogen-bond donors (Lipinski definition) is 0. The zero-order chi connectivity index (χ0) is 11.3. The monoisotopic (exact) mass is 237 g/mol. The summed E-state index contributed by atoms with van der Waals surface area (Å²) in [5, 5.41) is -0.112. The number of hydrogen-bond acceptors (Lipinski definition) is 2. The molecule has 0 aromatic heterocycles. The lowest BCUT2D eigenvalue weighted by molar-refractivity contribution is 0.591. The van der Waals surface area contributed by atoms with Crippen LogP contribution < -0.4 is 4.31 Å². The normalized spacial score (nSPS) is 19.9. The van der Waals surface area contributed by atoms with E-state index in [0.29, 0.717) is 6.54 Å². The highest BCUT2D eigenvalue weighted by Gasteiger charge is 2.42. The fourth-order valence-corrected chi connectivity index (χ4v) is 4.15. The van der Waals surface area contributed by atoms with Crippen LogP contribution in [0, 0.1) is 6.92 Å². The second-order valence-corrected chi connectivity index (χ2v) is 6.84. The Balaban J connectivity index is 2.05. The van der Waals surface area contributed by atoms with Crippen molar-refractivity contribution < 1.29 is 8.42 Å². The molecule has 1 saturated carbocycles. The van der Waals surface area contributed by atoms with Gasteiger partial charge in [0.25, 0.3) is 0 Å². The second-order valence-electron chi connectivity index (χ2n) is 4.70. The fraction of sp³-hybridized carbons (Fsp3) is 0.500. The van der Waals surface area contributed by atoms with E-state index in [-0.39, 0.29) is 5.25 Å². The van der Waals surface area contributed by atoms with Gasteiger partial charge in [0, 0.05) is 6.54 Å². The van der Waals surface area contributed by atoms with Gasteiger partial charge in [-0.05, 0) is 43.4 Å². The fourth-order valence-electron chi connectivity index (χ4n) is 2.27. The predicted molar refractivity (Wildman–Crippen MR) is 64.2 cm³/mol. The molecule has 1 fully saturated rings. The van der Waals surface area contributed by atoms with E-state index in [9.17, 15) is 8.42 Å². The van der Waals surface area contributed by atoms with Crippen LogP contribution in [-0.4, -0.2) is 20.2 Å². The molecule has 3 nitrogen and oxygen atoms in total. The van der Waals surface area contributed by atoms with E-state index in [1.54, 1.807) is 4.31 Å². The molecule has 2 aliphatic rings. The van der Waals surface area contributed by atoms with Crippen LogP contribution in [0.5, 0.6) is 0 Å². The van der Waals surface area contributed by atoms with Crippen LogP contribution in [0.4, 0.5) is 5.69 Å². The Morgan fingerprint density at radius 2 is 2.06 bits per heavy atom. The molecule has 1 heterocycles. The lowest BCUT2D eigenvalue weighted by Crippen LogP contribution is -2.32. The van der Waals surface area contributed by atoms with Crippen molar-refractivity contribution >= 4 is 15.7 Å². The molecule has 1 aromatic rings. The minimum atomic E-state index is -3.06. The Bertz CT molecular complexity index is 532. The van der Waals surface area contributed by atoms with Crippen molar-refractivity contribution in [3.8, 4) is 0 Å². The average Bonchev–Trinajstić information content (AvgIpc) is 2.99. The Labute approximate surface area is 96.1 Å². The lowest BCUT2D eigenvalue weighted by Gasteiger charge is -2.19. The number of anilines is 1. The standard InChI is InChI=1S/C12H15NO2S/c1-9-2-3-10-6-7-13(12(10)8-9)16(14,15)11-4-5-11/h2-3,8,11H,4-7H2,1H3. The zero-order valence-corrected chi connectivity index (χ0v) is 10.1. The molecule has 86 valence electrons. The van der Waals surface area contributed by atoms with Gasteiger partial charge in [0.2, 0.25) is 10.0 Å². The van der Waals surface area contributed by atoms with Gasteiger partial charge >= 0.3 is 0 Å². The first-order chi connectivity index (χ1) is 7.59. The molecule has 0 amide bonds. The smallest absolute Gasteiger partial charge is 0.238 e. The predicted octanol–water partition coefficient (Wildman–Crippen LogP) is 1.85. The molecule has 1 aliphatic heterocycles. The molecule has 0 bridgehead atoms. The van der Waals surface area contributed by atoms with Crippen molar-refractivity contribution in [2.24, 2.45) is 0 Å². The number of fused-ring (bicyclic) bond motifs is 1. The third-order valence-corrected chi connectivity index (χ3v) is 5.65. The van der Waals surface area contributed by atoms with Crippen LogP contribution >= 0.6 is 0 Å². The summed E-state index contributed by atoms with van der Waals surface area (Å²) in [6, 6.07) is 6.08. The van der Waals surface area contributed by atoms with Crippen LogP contribution in [-0.2, 0) is 16.4 Å². The SMILES string of the molecule is Cc1ccc2c(c1)N(S(=O)(=O)C1CC1)CC2. The molecule has 3 rings (SSSR count). The third-order valence-electron chi connectivity index (χ3n) is 3.35. The Morgan fingerprint density at radius 1 is 1.31 bits per heavy atom. The molecule has 0 spiro atoms. The minimum absolute atomic E-state index is 0.112. The maximum Gasteiger partial charge on any atom is 0.238 e. The van der Waals surface area contributed by atoms with Gasteiger partial charge in [-0.2, -0.15) is 0 Å². The zero-order valence-electron chi connectivity index (χ0n) is 9.31. The number of rotatable bonds is 2. The van der Waals surface area contributed by atoms with Crippen molar-refractivity contribution in [2.75, 3.05) is 10.8 Å². The van der Waals surface area contributed by atoms with E-state index in [1.807, 2.05) is 25.1 Å². The summed E-state index contributed by atoms with van der Waals surface area (Å²) < 4.78 is 26.0. The first-order valence-corrected chi connectivity index (χ1v) is 7.20. The van der Waals surface area contributed by atoms with Gasteiger partial charge in [-0.15, -0.1) is 0 Å². The first-order valence-electron chi connectivity index (χ1n) is 5.70. The Hall–Kier alpha value is -1.03. The van der Waals surface area contributed by atoms with E-state index in [1.165, 1.54) is 0 Å². The van der Waals surface area contributed by atoms with Crippen LogP contribution in [0.25, 0.3) is 0 Å². The highest BCUT2D eigenvalue weighted by Crippen LogP contribution is 2.38. The number of benzene rings is 1. The van der Waals surface area contributed by atoms with E-state index in [2.05, 4.69) is 0 Å². The minimum Gasteiger partial charge on any atom is -0.269 e. The lowest BCUT2D eigenvalue weighted by atomic mass is 10.1. The molecule has 1 aliphatic carbocycles. The van der Waals surface area contributed by atoms with Crippen LogP contribution in [0.1, 0.15) is 24.0 Å². The molecular weight excluding hydrogens is 222 g/mol. The number of aryl methyl sites for hydroxylation is 1. The van der Waals surface area contributed by atoms with Gasteiger partial charge < -0.3 is 0 Å². The maximum absolute atomic E-state index is 12.2. The molecule has 16 heavy (non-hydrogen) atoms. The van der Waals surface area contributed by atoms with Crippen molar-refractivity contribution in [3.05, 3.63) is 29.3 Å². The summed E-state index contributed by atoms with van der Waals surface area (Å²) in [6.07, 6.45) is 2.52. The highest BCUT2D eigenvalue weighted by atomic mass is 32.2. The Morgan fingerprint density at radius 3 is 2.75 bits per heavy atom. The van der Waals surface area contributed by atoms with E-state index in [0.717, 1.165) is 36.1 Å². The molecule has 0 radical (unpaired) electrons. The number of sulfonamides is 1.